The number of nitrogens with zero attached hydrogens (tertiary/aromatic N) is 1. The molecule has 2 atom stereocenters. The van der Waals surface area contributed by atoms with E-state index >= 15 is 0 Å². The van der Waals surface area contributed by atoms with Crippen LogP contribution in [0.2, 0.25) is 0 Å². The van der Waals surface area contributed by atoms with Gasteiger partial charge in [0.05, 0.1) is 12.3 Å². The first-order valence-corrected chi connectivity index (χ1v) is 7.76. The summed E-state index contributed by atoms with van der Waals surface area (Å²) >= 11 is -1.17. The minimum absolute atomic E-state index is 0.00393. The summed E-state index contributed by atoms with van der Waals surface area (Å²) in [5, 5.41) is 0. The van der Waals surface area contributed by atoms with Gasteiger partial charge < -0.3 is 9.29 Å². The summed E-state index contributed by atoms with van der Waals surface area (Å²) in [7, 11) is 0. The van der Waals surface area contributed by atoms with Crippen molar-refractivity contribution in [1.29, 1.82) is 0 Å². The average Bonchev–Trinajstić information content (AvgIpc) is 2.61. The highest BCUT2D eigenvalue weighted by atomic mass is 32.2. The molecule has 0 aromatic rings. The second-order valence-electron chi connectivity index (χ2n) is 5.52. The van der Waals surface area contributed by atoms with Crippen LogP contribution in [0.5, 0.6) is 0 Å². The van der Waals surface area contributed by atoms with Gasteiger partial charge in [-0.25, -0.2) is 4.79 Å². The summed E-state index contributed by atoms with van der Waals surface area (Å²) < 4.78 is 16.3. The molecule has 104 valence electrons. The van der Waals surface area contributed by atoms with Crippen molar-refractivity contribution in [1.82, 2.24) is 4.90 Å². The van der Waals surface area contributed by atoms with Crippen LogP contribution in [0.25, 0.3) is 0 Å². The van der Waals surface area contributed by atoms with E-state index in [2.05, 4.69) is 0 Å². The van der Waals surface area contributed by atoms with Crippen molar-refractivity contribution in [2.45, 2.75) is 45.3 Å². The normalized spacial score (nSPS) is 21.8. The molecule has 6 heteroatoms. The average molecular weight is 275 g/mol. The Morgan fingerprint density at radius 1 is 1.44 bits per heavy atom. The van der Waals surface area contributed by atoms with Crippen LogP contribution in [-0.2, 0) is 20.7 Å². The maximum Gasteiger partial charge on any atom is 0.410 e. The largest absolute Gasteiger partial charge is 0.616 e. The smallest absolute Gasteiger partial charge is 0.410 e. The molecule has 5 nitrogen and oxygen atoms in total. The molecular formula is C12H21NO4S. The second kappa shape index (κ2) is 5.93. The molecule has 0 N–H and O–H groups in total. The van der Waals surface area contributed by atoms with Crippen molar-refractivity contribution >= 4 is 23.1 Å². The van der Waals surface area contributed by atoms with Crippen molar-refractivity contribution < 1.29 is 18.9 Å². The Hall–Kier alpha value is -0.750. The molecule has 1 unspecified atom stereocenters. The fourth-order valence-electron chi connectivity index (χ4n) is 1.94. The van der Waals surface area contributed by atoms with Crippen LogP contribution in [0.4, 0.5) is 4.79 Å². The van der Waals surface area contributed by atoms with Crippen molar-refractivity contribution in [3.8, 4) is 0 Å². The molecule has 0 saturated carbocycles. The number of hydrogen-bond acceptors (Lipinski definition) is 4. The summed E-state index contributed by atoms with van der Waals surface area (Å²) in [5.41, 5.74) is -0.569. The van der Waals surface area contributed by atoms with E-state index in [1.807, 2.05) is 0 Å². The third-order valence-electron chi connectivity index (χ3n) is 2.60. The molecule has 1 aliphatic rings. The Labute approximate surface area is 111 Å². The predicted molar refractivity (Wildman–Crippen MR) is 69.9 cm³/mol. The third-order valence-corrected chi connectivity index (χ3v) is 3.29. The fourth-order valence-corrected chi connectivity index (χ4v) is 2.53. The van der Waals surface area contributed by atoms with Crippen molar-refractivity contribution in [2.75, 3.05) is 18.6 Å². The molecule has 1 amide bonds. The van der Waals surface area contributed by atoms with Crippen molar-refractivity contribution in [3.05, 3.63) is 0 Å². The predicted octanol–water partition coefficient (Wildman–Crippen LogP) is 1.33. The summed E-state index contributed by atoms with van der Waals surface area (Å²) in [4.78, 5) is 25.3. The van der Waals surface area contributed by atoms with E-state index in [1.165, 1.54) is 11.2 Å². The first kappa shape index (κ1) is 15.3. The van der Waals surface area contributed by atoms with E-state index in [1.54, 1.807) is 20.8 Å². The standard InChI is InChI=1S/C12H21NO4S/c1-12(2,3)17-11(15)13-7-5-6-9(13)10(14)8-18(4)16/h9H,5-8H2,1-4H3/t9-,18?/m0/s1. The molecule has 18 heavy (non-hydrogen) atoms. The van der Waals surface area contributed by atoms with E-state index < -0.39 is 28.9 Å². The minimum Gasteiger partial charge on any atom is -0.616 e. The molecule has 0 radical (unpaired) electrons. The van der Waals surface area contributed by atoms with Crippen LogP contribution < -0.4 is 0 Å². The van der Waals surface area contributed by atoms with Crippen LogP contribution >= 0.6 is 0 Å². The van der Waals surface area contributed by atoms with Gasteiger partial charge >= 0.3 is 6.09 Å². The number of rotatable bonds is 3. The van der Waals surface area contributed by atoms with E-state index in [4.69, 9.17) is 4.74 Å². The number of ketones is 1. The van der Waals surface area contributed by atoms with Gasteiger partial charge in [0.2, 0.25) is 5.78 Å². The van der Waals surface area contributed by atoms with Crippen molar-refractivity contribution in [2.24, 2.45) is 0 Å². The first-order valence-electron chi connectivity index (χ1n) is 6.03. The summed E-state index contributed by atoms with van der Waals surface area (Å²) in [5.74, 6) is -0.136. The lowest BCUT2D eigenvalue weighted by atomic mass is 10.1. The molecule has 0 aromatic carbocycles. The molecule has 1 heterocycles. The number of Topliss-reactive ketones (excluding diaryl/α,β-unsaturated/α-hetero) is 1. The van der Waals surface area contributed by atoms with Gasteiger partial charge in [-0.05, 0) is 44.8 Å². The SMILES string of the molecule is C[S+]([O-])CC(=O)[C@@H]1CCCN1C(=O)OC(C)(C)C. The summed E-state index contributed by atoms with van der Waals surface area (Å²) in [6.45, 7) is 5.90. The van der Waals surface area contributed by atoms with Gasteiger partial charge in [-0.2, -0.15) is 0 Å². The summed E-state index contributed by atoms with van der Waals surface area (Å²) in [6.07, 6.45) is 2.45. The molecule has 1 fully saturated rings. The Kier molecular flexibility index (Phi) is 5.04. The lowest BCUT2D eigenvalue weighted by molar-refractivity contribution is -0.120. The third kappa shape index (κ3) is 4.49. The minimum atomic E-state index is -1.17. The van der Waals surface area contributed by atoms with Gasteiger partial charge in [0.15, 0.2) is 5.75 Å². The molecule has 1 aliphatic heterocycles. The lowest BCUT2D eigenvalue weighted by Crippen LogP contribution is -2.44. The highest BCUT2D eigenvalue weighted by Crippen LogP contribution is 2.21. The zero-order valence-corrected chi connectivity index (χ0v) is 12.2. The van der Waals surface area contributed by atoms with Gasteiger partial charge in [0.25, 0.3) is 0 Å². The molecule has 0 aromatic heterocycles. The Morgan fingerprint density at radius 2 is 2.06 bits per heavy atom. The number of carbonyl (C=O) groups is 2. The number of hydrogen-bond donors (Lipinski definition) is 0. The molecule has 0 aliphatic carbocycles. The molecular weight excluding hydrogens is 254 g/mol. The van der Waals surface area contributed by atoms with Crippen LogP contribution in [0, 0.1) is 0 Å². The van der Waals surface area contributed by atoms with E-state index in [0.29, 0.717) is 13.0 Å². The van der Waals surface area contributed by atoms with Gasteiger partial charge in [0.1, 0.15) is 5.60 Å². The first-order chi connectivity index (χ1) is 8.20. The Bertz CT molecular complexity index is 325. The number of amides is 1. The Morgan fingerprint density at radius 3 is 2.56 bits per heavy atom. The van der Waals surface area contributed by atoms with Gasteiger partial charge in [0, 0.05) is 6.54 Å². The number of carbonyl (C=O) groups excluding carboxylic acids is 2. The maximum atomic E-state index is 11.9. The van der Waals surface area contributed by atoms with Crippen LogP contribution in [-0.4, -0.2) is 51.5 Å². The van der Waals surface area contributed by atoms with Crippen LogP contribution in [0.15, 0.2) is 0 Å². The monoisotopic (exact) mass is 275 g/mol. The zero-order chi connectivity index (χ0) is 13.9. The van der Waals surface area contributed by atoms with Crippen LogP contribution in [0.3, 0.4) is 0 Å². The zero-order valence-electron chi connectivity index (χ0n) is 11.4. The van der Waals surface area contributed by atoms with Crippen LogP contribution in [0.1, 0.15) is 33.6 Å². The highest BCUT2D eigenvalue weighted by Gasteiger charge is 2.37. The van der Waals surface area contributed by atoms with E-state index in [0.717, 1.165) is 6.42 Å². The fraction of sp³-hybridized carbons (Fsp3) is 0.833. The van der Waals surface area contributed by atoms with Crippen molar-refractivity contribution in [3.63, 3.8) is 0 Å². The topological polar surface area (TPSA) is 69.7 Å². The van der Waals surface area contributed by atoms with E-state index in [9.17, 15) is 14.1 Å². The van der Waals surface area contributed by atoms with Gasteiger partial charge in [-0.3, -0.25) is 9.69 Å². The highest BCUT2D eigenvalue weighted by molar-refractivity contribution is 7.91. The molecule has 1 rings (SSSR count). The Balaban J connectivity index is 2.64. The maximum absolute atomic E-state index is 11.9. The quantitative estimate of drug-likeness (QED) is 0.729. The second-order valence-corrected chi connectivity index (χ2v) is 6.95. The molecule has 1 saturated heterocycles. The lowest BCUT2D eigenvalue weighted by Gasteiger charge is -2.27. The van der Waals surface area contributed by atoms with Gasteiger partial charge in [-0.15, -0.1) is 0 Å². The summed E-state index contributed by atoms with van der Waals surface area (Å²) in [6, 6.07) is -0.469. The molecule has 0 spiro atoms. The van der Waals surface area contributed by atoms with Gasteiger partial charge in [-0.1, -0.05) is 0 Å². The molecule has 0 bridgehead atoms. The number of ether oxygens (including phenoxy) is 1. The number of likely N-dealkylation sites (tertiary alicyclic amines) is 1. The van der Waals surface area contributed by atoms with E-state index in [-0.39, 0.29) is 11.5 Å².